The SMILES string of the molecule is CCCCCCC.[Cu].[Cu]. The number of unbranched alkanes of at least 4 members (excludes halogenated alkanes) is 4. The van der Waals surface area contributed by atoms with Crippen LogP contribution in [0.3, 0.4) is 0 Å². The van der Waals surface area contributed by atoms with E-state index in [1.54, 1.807) is 0 Å². The van der Waals surface area contributed by atoms with E-state index in [1.165, 1.54) is 32.1 Å². The van der Waals surface area contributed by atoms with E-state index in [-0.39, 0.29) is 34.1 Å². The molecule has 0 fully saturated rings. The fourth-order valence-corrected chi connectivity index (χ4v) is 0.677. The van der Waals surface area contributed by atoms with Crippen molar-refractivity contribution in [1.82, 2.24) is 0 Å². The minimum Gasteiger partial charge on any atom is -0.0654 e. The Labute approximate surface area is 80.1 Å². The predicted octanol–water partition coefficient (Wildman–Crippen LogP) is 2.97. The Morgan fingerprint density at radius 3 is 1.22 bits per heavy atom. The molecule has 0 aliphatic carbocycles. The first-order valence-corrected chi connectivity index (χ1v) is 3.41. The minimum absolute atomic E-state index is 0. The summed E-state index contributed by atoms with van der Waals surface area (Å²) in [5, 5.41) is 0. The molecule has 0 N–H and O–H groups in total. The van der Waals surface area contributed by atoms with E-state index < -0.39 is 0 Å². The second-order valence-corrected chi connectivity index (χ2v) is 2.06. The molecule has 0 unspecified atom stereocenters. The Hall–Kier alpha value is 1.04. The van der Waals surface area contributed by atoms with Gasteiger partial charge in [0, 0.05) is 34.1 Å². The summed E-state index contributed by atoms with van der Waals surface area (Å²) in [6.45, 7) is 4.49. The van der Waals surface area contributed by atoms with Gasteiger partial charge in [-0.15, -0.1) is 0 Å². The maximum Gasteiger partial charge on any atom is 0 e. The predicted molar refractivity (Wildman–Crippen MR) is 34.4 cm³/mol. The van der Waals surface area contributed by atoms with E-state index in [9.17, 15) is 0 Å². The zero-order valence-corrected chi connectivity index (χ0v) is 8.02. The Balaban J connectivity index is -0.000000180. The zero-order chi connectivity index (χ0) is 5.54. The van der Waals surface area contributed by atoms with Crippen LogP contribution in [0.5, 0.6) is 0 Å². The third kappa shape index (κ3) is 17.6. The molecular weight excluding hydrogens is 211 g/mol. The second-order valence-electron chi connectivity index (χ2n) is 2.06. The van der Waals surface area contributed by atoms with Crippen molar-refractivity contribution in [2.24, 2.45) is 0 Å². The molecule has 0 rings (SSSR count). The molecule has 0 saturated carbocycles. The van der Waals surface area contributed by atoms with Gasteiger partial charge in [0.05, 0.1) is 0 Å². The van der Waals surface area contributed by atoms with Crippen LogP contribution in [0.2, 0.25) is 0 Å². The van der Waals surface area contributed by atoms with Crippen LogP contribution in [0.25, 0.3) is 0 Å². The van der Waals surface area contributed by atoms with E-state index in [4.69, 9.17) is 0 Å². The van der Waals surface area contributed by atoms with Crippen molar-refractivity contribution in [3.63, 3.8) is 0 Å². The summed E-state index contributed by atoms with van der Waals surface area (Å²) < 4.78 is 0. The Bertz CT molecular complexity index is 26.1. The van der Waals surface area contributed by atoms with Crippen LogP contribution in [0.1, 0.15) is 46.0 Å². The van der Waals surface area contributed by atoms with Crippen molar-refractivity contribution in [2.75, 3.05) is 0 Å². The molecule has 0 heterocycles. The van der Waals surface area contributed by atoms with Crippen LogP contribution in [0, 0.1) is 0 Å². The Morgan fingerprint density at radius 2 is 1.00 bits per heavy atom. The summed E-state index contributed by atoms with van der Waals surface area (Å²) >= 11 is 0. The maximum atomic E-state index is 2.25. The second kappa shape index (κ2) is 16.0. The van der Waals surface area contributed by atoms with Gasteiger partial charge in [0.15, 0.2) is 0 Å². The van der Waals surface area contributed by atoms with E-state index in [2.05, 4.69) is 13.8 Å². The van der Waals surface area contributed by atoms with Gasteiger partial charge in [-0.1, -0.05) is 46.0 Å². The van der Waals surface area contributed by atoms with Crippen LogP contribution >= 0.6 is 0 Å². The number of rotatable bonds is 4. The average molecular weight is 227 g/mol. The third-order valence-corrected chi connectivity index (χ3v) is 1.21. The quantitative estimate of drug-likeness (QED) is 0.511. The molecule has 0 aromatic heterocycles. The van der Waals surface area contributed by atoms with E-state index >= 15 is 0 Å². The molecule has 9 heavy (non-hydrogen) atoms. The monoisotopic (exact) mass is 226 g/mol. The minimum atomic E-state index is 0. The van der Waals surface area contributed by atoms with Crippen molar-refractivity contribution in [2.45, 2.75) is 46.0 Å². The van der Waals surface area contributed by atoms with Crippen LogP contribution in [0.15, 0.2) is 0 Å². The molecule has 0 spiro atoms. The zero-order valence-electron chi connectivity index (χ0n) is 6.14. The molecule has 0 aromatic carbocycles. The smallest absolute Gasteiger partial charge is 0 e. The number of hydrogen-bond acceptors (Lipinski definition) is 0. The van der Waals surface area contributed by atoms with E-state index in [0.717, 1.165) is 0 Å². The molecule has 0 amide bonds. The molecule has 2 heteroatoms. The van der Waals surface area contributed by atoms with Crippen LogP contribution in [-0.4, -0.2) is 0 Å². The fourth-order valence-electron chi connectivity index (χ4n) is 0.677. The molecule has 0 aliphatic rings. The topological polar surface area (TPSA) is 0 Å². The first kappa shape index (κ1) is 16.6. The first-order chi connectivity index (χ1) is 3.41. The fraction of sp³-hybridized carbons (Fsp3) is 1.00. The van der Waals surface area contributed by atoms with Gasteiger partial charge in [-0.2, -0.15) is 0 Å². The van der Waals surface area contributed by atoms with Crippen LogP contribution in [-0.2, 0) is 34.1 Å². The van der Waals surface area contributed by atoms with E-state index in [1.807, 2.05) is 0 Å². The summed E-state index contributed by atoms with van der Waals surface area (Å²) in [6.07, 6.45) is 7.01. The Morgan fingerprint density at radius 1 is 0.667 bits per heavy atom. The Kier molecular flexibility index (Phi) is 29.5. The van der Waals surface area contributed by atoms with Gasteiger partial charge < -0.3 is 0 Å². The molecule has 0 bridgehead atoms. The third-order valence-electron chi connectivity index (χ3n) is 1.21. The van der Waals surface area contributed by atoms with Gasteiger partial charge in [-0.25, -0.2) is 0 Å². The van der Waals surface area contributed by atoms with Gasteiger partial charge in [-0.05, 0) is 0 Å². The molecule has 0 aliphatic heterocycles. The number of hydrogen-bond donors (Lipinski definition) is 0. The summed E-state index contributed by atoms with van der Waals surface area (Å²) in [5.41, 5.74) is 0. The van der Waals surface area contributed by atoms with Gasteiger partial charge >= 0.3 is 0 Å². The van der Waals surface area contributed by atoms with Gasteiger partial charge in [0.25, 0.3) is 0 Å². The molecule has 0 nitrogen and oxygen atoms in total. The first-order valence-electron chi connectivity index (χ1n) is 3.41. The largest absolute Gasteiger partial charge is 0.0654 e. The summed E-state index contributed by atoms with van der Waals surface area (Å²) in [5.74, 6) is 0. The van der Waals surface area contributed by atoms with Crippen molar-refractivity contribution in [3.8, 4) is 0 Å². The van der Waals surface area contributed by atoms with Gasteiger partial charge in [0.1, 0.15) is 0 Å². The van der Waals surface area contributed by atoms with Crippen molar-refractivity contribution in [3.05, 3.63) is 0 Å². The van der Waals surface area contributed by atoms with Crippen molar-refractivity contribution in [1.29, 1.82) is 0 Å². The standard InChI is InChI=1S/C7H16.2Cu/c1-3-5-7-6-4-2;;/h3-7H2,1-2H3;;. The maximum absolute atomic E-state index is 2.25. The summed E-state index contributed by atoms with van der Waals surface area (Å²) in [7, 11) is 0. The normalized spacial score (nSPS) is 7.33. The molecule has 0 aromatic rings. The molecule has 0 atom stereocenters. The average Bonchev–Trinajstić information content (AvgIpc) is 1.69. The summed E-state index contributed by atoms with van der Waals surface area (Å²) in [4.78, 5) is 0. The van der Waals surface area contributed by atoms with Crippen molar-refractivity contribution < 1.29 is 34.1 Å². The van der Waals surface area contributed by atoms with Gasteiger partial charge in [0.2, 0.25) is 0 Å². The van der Waals surface area contributed by atoms with E-state index in [0.29, 0.717) is 0 Å². The molecule has 66 valence electrons. The van der Waals surface area contributed by atoms with Crippen LogP contribution < -0.4 is 0 Å². The molecule has 0 saturated heterocycles. The molecule has 2 radical (unpaired) electrons. The molecular formula is C7H16Cu2. The van der Waals surface area contributed by atoms with Gasteiger partial charge in [-0.3, -0.25) is 0 Å². The summed E-state index contributed by atoms with van der Waals surface area (Å²) in [6, 6.07) is 0. The van der Waals surface area contributed by atoms with Crippen LogP contribution in [0.4, 0.5) is 0 Å². The van der Waals surface area contributed by atoms with Crippen molar-refractivity contribution >= 4 is 0 Å².